The zero-order valence-corrected chi connectivity index (χ0v) is 12.6. The highest BCUT2D eigenvalue weighted by atomic mass is 35.5. The van der Waals surface area contributed by atoms with Crippen LogP contribution in [0.3, 0.4) is 0 Å². The van der Waals surface area contributed by atoms with Crippen molar-refractivity contribution in [2.45, 2.75) is 32.6 Å². The van der Waals surface area contributed by atoms with Gasteiger partial charge in [-0.3, -0.25) is 0 Å². The number of rotatable bonds is 6. The molecule has 0 radical (unpaired) electrons. The molecule has 1 nitrogen and oxygen atoms in total. The zero-order chi connectivity index (χ0) is 12.8. The quantitative estimate of drug-likeness (QED) is 0.342. The smallest absolute Gasteiger partial charge is 0.141 e. The van der Waals surface area contributed by atoms with Crippen LogP contribution in [-0.2, 0) is 0 Å². The monoisotopic (exact) mass is 314 g/mol. The van der Waals surface area contributed by atoms with Crippen LogP contribution >= 0.6 is 46.4 Å². The van der Waals surface area contributed by atoms with Crippen LogP contribution < -0.4 is 4.74 Å². The zero-order valence-electron chi connectivity index (χ0n) is 9.53. The summed E-state index contributed by atoms with van der Waals surface area (Å²) in [6.45, 7) is 2.77. The molecular formula is C12H14Cl4O. The molecular weight excluding hydrogens is 302 g/mol. The van der Waals surface area contributed by atoms with Crippen LogP contribution in [0.5, 0.6) is 5.75 Å². The molecule has 0 aliphatic carbocycles. The second-order valence-electron chi connectivity index (χ2n) is 3.71. The van der Waals surface area contributed by atoms with Gasteiger partial charge in [0.25, 0.3) is 0 Å². The van der Waals surface area contributed by atoms with E-state index in [1.165, 1.54) is 12.8 Å². The summed E-state index contributed by atoms with van der Waals surface area (Å²) in [7, 11) is 0. The van der Waals surface area contributed by atoms with E-state index < -0.39 is 0 Å². The van der Waals surface area contributed by atoms with Crippen molar-refractivity contribution in [1.82, 2.24) is 0 Å². The normalized spacial score (nSPS) is 10.6. The van der Waals surface area contributed by atoms with Crippen molar-refractivity contribution >= 4 is 46.4 Å². The number of unbranched alkanes of at least 4 members (excludes halogenated alkanes) is 3. The first-order valence-corrected chi connectivity index (χ1v) is 7.05. The van der Waals surface area contributed by atoms with E-state index in [2.05, 4.69) is 6.92 Å². The molecule has 0 bridgehead atoms. The standard InChI is InChI=1S/C12H14Cl4O/c1-2-3-4-5-6-17-9-7-8(13)10(14)12(16)11(9)15/h7H,2-6H2,1H3. The van der Waals surface area contributed by atoms with Gasteiger partial charge >= 0.3 is 0 Å². The largest absolute Gasteiger partial charge is 0.492 e. The van der Waals surface area contributed by atoms with Gasteiger partial charge in [-0.05, 0) is 6.42 Å². The van der Waals surface area contributed by atoms with Crippen molar-refractivity contribution in [3.05, 3.63) is 26.2 Å². The van der Waals surface area contributed by atoms with E-state index in [4.69, 9.17) is 51.1 Å². The van der Waals surface area contributed by atoms with Crippen molar-refractivity contribution in [3.63, 3.8) is 0 Å². The molecule has 0 aromatic heterocycles. The molecule has 0 spiro atoms. The highest BCUT2D eigenvalue weighted by Gasteiger charge is 2.13. The van der Waals surface area contributed by atoms with E-state index >= 15 is 0 Å². The predicted octanol–water partition coefficient (Wildman–Crippen LogP) is 6.26. The van der Waals surface area contributed by atoms with E-state index in [0.717, 1.165) is 12.8 Å². The fourth-order valence-electron chi connectivity index (χ4n) is 1.37. The molecule has 0 fully saturated rings. The third-order valence-electron chi connectivity index (χ3n) is 2.32. The summed E-state index contributed by atoms with van der Waals surface area (Å²) >= 11 is 23.7. The SMILES string of the molecule is CCCCCCOc1cc(Cl)c(Cl)c(Cl)c1Cl. The molecule has 0 N–H and O–H groups in total. The molecule has 17 heavy (non-hydrogen) atoms. The molecule has 0 saturated heterocycles. The third kappa shape index (κ3) is 4.40. The lowest BCUT2D eigenvalue weighted by molar-refractivity contribution is 0.305. The van der Waals surface area contributed by atoms with Crippen LogP contribution in [-0.4, -0.2) is 6.61 Å². The van der Waals surface area contributed by atoms with E-state index in [9.17, 15) is 0 Å². The molecule has 0 saturated carbocycles. The molecule has 0 unspecified atom stereocenters. The van der Waals surface area contributed by atoms with Crippen LogP contribution in [0.15, 0.2) is 6.07 Å². The van der Waals surface area contributed by atoms with Gasteiger partial charge in [0.1, 0.15) is 10.8 Å². The molecule has 1 aromatic rings. The molecule has 0 atom stereocenters. The minimum absolute atomic E-state index is 0.240. The lowest BCUT2D eigenvalue weighted by Gasteiger charge is -2.10. The molecule has 0 aliphatic heterocycles. The summed E-state index contributed by atoms with van der Waals surface area (Å²) in [6.07, 6.45) is 4.53. The van der Waals surface area contributed by atoms with Gasteiger partial charge in [-0.25, -0.2) is 0 Å². The average molecular weight is 316 g/mol. The Balaban J connectivity index is 2.60. The topological polar surface area (TPSA) is 9.23 Å². The third-order valence-corrected chi connectivity index (χ3v) is 4.06. The lowest BCUT2D eigenvalue weighted by atomic mass is 10.2. The van der Waals surface area contributed by atoms with Crippen molar-refractivity contribution in [2.24, 2.45) is 0 Å². The van der Waals surface area contributed by atoms with Gasteiger partial charge in [0.05, 0.1) is 21.7 Å². The molecule has 5 heteroatoms. The highest BCUT2D eigenvalue weighted by molar-refractivity contribution is 6.52. The second kappa shape index (κ2) is 7.58. The Morgan fingerprint density at radius 1 is 0.941 bits per heavy atom. The van der Waals surface area contributed by atoms with Gasteiger partial charge in [0, 0.05) is 6.07 Å². The summed E-state index contributed by atoms with van der Waals surface area (Å²) in [4.78, 5) is 0. The average Bonchev–Trinajstić information content (AvgIpc) is 2.32. The van der Waals surface area contributed by atoms with Crippen LogP contribution in [0.1, 0.15) is 32.6 Å². The van der Waals surface area contributed by atoms with Crippen LogP contribution in [0.25, 0.3) is 0 Å². The molecule has 0 heterocycles. The predicted molar refractivity (Wildman–Crippen MR) is 76.1 cm³/mol. The first kappa shape index (κ1) is 15.2. The van der Waals surface area contributed by atoms with Crippen molar-refractivity contribution in [3.8, 4) is 5.75 Å². The molecule has 1 aromatic carbocycles. The number of ether oxygens (including phenoxy) is 1. The Hall–Kier alpha value is 0.180. The lowest BCUT2D eigenvalue weighted by Crippen LogP contribution is -1.98. The Labute approximate surface area is 122 Å². The van der Waals surface area contributed by atoms with Crippen LogP contribution in [0, 0.1) is 0 Å². The van der Waals surface area contributed by atoms with Gasteiger partial charge in [0.15, 0.2) is 0 Å². The Kier molecular flexibility index (Phi) is 6.79. The van der Waals surface area contributed by atoms with Gasteiger partial charge in [-0.1, -0.05) is 72.6 Å². The Morgan fingerprint density at radius 2 is 1.65 bits per heavy atom. The maximum absolute atomic E-state index is 6.01. The Morgan fingerprint density at radius 3 is 2.29 bits per heavy atom. The Bertz CT molecular complexity index is 379. The van der Waals surface area contributed by atoms with Gasteiger partial charge < -0.3 is 4.74 Å². The van der Waals surface area contributed by atoms with Crippen LogP contribution in [0.4, 0.5) is 0 Å². The van der Waals surface area contributed by atoms with Gasteiger partial charge in [0.2, 0.25) is 0 Å². The number of halogens is 4. The maximum Gasteiger partial charge on any atom is 0.141 e. The molecule has 0 aliphatic rings. The van der Waals surface area contributed by atoms with Crippen LogP contribution in [0.2, 0.25) is 20.1 Å². The minimum Gasteiger partial charge on any atom is -0.492 e. The van der Waals surface area contributed by atoms with E-state index in [1.807, 2.05) is 0 Å². The summed E-state index contributed by atoms with van der Waals surface area (Å²) in [5.41, 5.74) is 0. The summed E-state index contributed by atoms with van der Waals surface area (Å²) in [5, 5.41) is 1.17. The fourth-order valence-corrected chi connectivity index (χ4v) is 2.21. The van der Waals surface area contributed by atoms with E-state index in [-0.39, 0.29) is 10.0 Å². The molecule has 0 amide bonds. The minimum atomic E-state index is 0.240. The van der Waals surface area contributed by atoms with E-state index in [1.54, 1.807) is 6.07 Å². The second-order valence-corrected chi connectivity index (χ2v) is 5.25. The molecule has 1 rings (SSSR count). The fraction of sp³-hybridized carbons (Fsp3) is 0.500. The van der Waals surface area contributed by atoms with E-state index in [0.29, 0.717) is 22.4 Å². The maximum atomic E-state index is 6.01. The summed E-state index contributed by atoms with van der Waals surface area (Å²) < 4.78 is 5.54. The summed E-state index contributed by atoms with van der Waals surface area (Å²) in [5.74, 6) is 0.488. The summed E-state index contributed by atoms with van der Waals surface area (Å²) in [6, 6.07) is 1.60. The number of hydrogen-bond donors (Lipinski definition) is 0. The first-order valence-electron chi connectivity index (χ1n) is 5.53. The molecule has 96 valence electrons. The first-order chi connectivity index (χ1) is 8.07. The number of benzene rings is 1. The number of hydrogen-bond acceptors (Lipinski definition) is 1. The van der Waals surface area contributed by atoms with Crippen molar-refractivity contribution in [1.29, 1.82) is 0 Å². The van der Waals surface area contributed by atoms with Gasteiger partial charge in [-0.2, -0.15) is 0 Å². The highest BCUT2D eigenvalue weighted by Crippen LogP contribution is 2.41. The van der Waals surface area contributed by atoms with Gasteiger partial charge in [-0.15, -0.1) is 0 Å². The van der Waals surface area contributed by atoms with Crippen molar-refractivity contribution in [2.75, 3.05) is 6.61 Å². The van der Waals surface area contributed by atoms with Crippen molar-refractivity contribution < 1.29 is 4.74 Å².